The van der Waals surface area contributed by atoms with Crippen LogP contribution in [-0.4, -0.2) is 27.7 Å². The fourth-order valence-corrected chi connectivity index (χ4v) is 1.46. The summed E-state index contributed by atoms with van der Waals surface area (Å²) in [7, 11) is 0. The fraction of sp³-hybridized carbons (Fsp3) is 0.333. The topological polar surface area (TPSA) is 46.0 Å². The highest BCUT2D eigenvalue weighted by molar-refractivity contribution is 7.99. The van der Waals surface area contributed by atoms with Crippen LogP contribution in [0.3, 0.4) is 0 Å². The second-order valence-corrected chi connectivity index (χ2v) is 3.25. The summed E-state index contributed by atoms with van der Waals surface area (Å²) in [5, 5.41) is 16.2. The highest BCUT2D eigenvalue weighted by Crippen LogP contribution is 2.22. The predicted molar refractivity (Wildman–Crippen MR) is 44.9 cm³/mol. The standard InChI is InChI=1S/C6H7ClN2OS/c7-6-5(11-4-3-10)1-2-8-9-6/h1-2,10H,3-4H2. The molecular weight excluding hydrogens is 184 g/mol. The average molecular weight is 191 g/mol. The third-order valence-electron chi connectivity index (χ3n) is 0.990. The summed E-state index contributed by atoms with van der Waals surface area (Å²) in [6, 6.07) is 1.77. The molecule has 0 unspecified atom stereocenters. The van der Waals surface area contributed by atoms with Gasteiger partial charge in [-0.3, -0.25) is 0 Å². The van der Waals surface area contributed by atoms with Gasteiger partial charge < -0.3 is 5.11 Å². The summed E-state index contributed by atoms with van der Waals surface area (Å²) in [6.45, 7) is 0.142. The molecule has 0 atom stereocenters. The molecule has 1 N–H and O–H groups in total. The Kier molecular flexibility index (Phi) is 3.62. The van der Waals surface area contributed by atoms with E-state index in [9.17, 15) is 0 Å². The number of aromatic nitrogens is 2. The second-order valence-electron chi connectivity index (χ2n) is 1.76. The molecule has 1 heterocycles. The molecule has 60 valence electrons. The van der Waals surface area contributed by atoms with Crippen LogP contribution >= 0.6 is 23.4 Å². The molecule has 0 aliphatic heterocycles. The molecule has 5 heteroatoms. The molecule has 0 saturated carbocycles. The molecule has 3 nitrogen and oxygen atoms in total. The van der Waals surface area contributed by atoms with Crippen LogP contribution in [0.5, 0.6) is 0 Å². The first-order valence-electron chi connectivity index (χ1n) is 3.05. The number of nitrogens with zero attached hydrogens (tertiary/aromatic N) is 2. The Morgan fingerprint density at radius 2 is 2.45 bits per heavy atom. The molecule has 0 radical (unpaired) electrons. The summed E-state index contributed by atoms with van der Waals surface area (Å²) >= 11 is 7.15. The van der Waals surface area contributed by atoms with Crippen LogP contribution in [0, 0.1) is 0 Å². The quantitative estimate of drug-likeness (QED) is 0.728. The van der Waals surface area contributed by atoms with Gasteiger partial charge in [-0.05, 0) is 6.07 Å². The zero-order valence-corrected chi connectivity index (χ0v) is 7.27. The van der Waals surface area contributed by atoms with Crippen molar-refractivity contribution in [3.05, 3.63) is 17.4 Å². The number of thioether (sulfide) groups is 1. The molecule has 0 spiro atoms. The van der Waals surface area contributed by atoms with Crippen LogP contribution in [-0.2, 0) is 0 Å². The average Bonchev–Trinajstić information content (AvgIpc) is 2.03. The van der Waals surface area contributed by atoms with E-state index in [0.717, 1.165) is 4.90 Å². The number of hydrogen-bond acceptors (Lipinski definition) is 4. The van der Waals surface area contributed by atoms with Crippen LogP contribution in [0.4, 0.5) is 0 Å². The van der Waals surface area contributed by atoms with Gasteiger partial charge in [0.1, 0.15) is 0 Å². The molecular formula is C6H7ClN2OS. The van der Waals surface area contributed by atoms with Gasteiger partial charge in [0.15, 0.2) is 5.15 Å². The van der Waals surface area contributed by atoms with E-state index in [1.807, 2.05) is 0 Å². The predicted octanol–water partition coefficient (Wildman–Crippen LogP) is 1.21. The zero-order valence-electron chi connectivity index (χ0n) is 5.70. The molecule has 1 aromatic rings. The van der Waals surface area contributed by atoms with Crippen molar-refractivity contribution in [2.75, 3.05) is 12.4 Å². The van der Waals surface area contributed by atoms with Crippen molar-refractivity contribution in [1.82, 2.24) is 10.2 Å². The first-order valence-corrected chi connectivity index (χ1v) is 4.42. The molecule has 0 fully saturated rings. The van der Waals surface area contributed by atoms with Gasteiger partial charge in [0.2, 0.25) is 0 Å². The minimum Gasteiger partial charge on any atom is -0.396 e. The summed E-state index contributed by atoms with van der Waals surface area (Å²) in [5.41, 5.74) is 0. The maximum absolute atomic E-state index is 8.52. The summed E-state index contributed by atoms with van der Waals surface area (Å²) in [6.07, 6.45) is 1.57. The van der Waals surface area contributed by atoms with Gasteiger partial charge in [0, 0.05) is 10.6 Å². The Labute approximate surface area is 73.8 Å². The van der Waals surface area contributed by atoms with Crippen molar-refractivity contribution in [2.45, 2.75) is 4.90 Å². The Morgan fingerprint density at radius 3 is 3.09 bits per heavy atom. The van der Waals surface area contributed by atoms with Crippen molar-refractivity contribution >= 4 is 23.4 Å². The normalized spacial score (nSPS) is 10.0. The molecule has 1 aromatic heterocycles. The Balaban J connectivity index is 2.62. The summed E-state index contributed by atoms with van der Waals surface area (Å²) in [4.78, 5) is 0.857. The van der Waals surface area contributed by atoms with E-state index in [4.69, 9.17) is 16.7 Å². The van der Waals surface area contributed by atoms with Crippen molar-refractivity contribution in [1.29, 1.82) is 0 Å². The van der Waals surface area contributed by atoms with Crippen LogP contribution < -0.4 is 0 Å². The van der Waals surface area contributed by atoms with E-state index < -0.39 is 0 Å². The lowest BCUT2D eigenvalue weighted by Gasteiger charge is -1.98. The third kappa shape index (κ3) is 2.65. The monoisotopic (exact) mass is 190 g/mol. The van der Waals surface area contributed by atoms with Crippen LogP contribution in [0.1, 0.15) is 0 Å². The van der Waals surface area contributed by atoms with E-state index in [0.29, 0.717) is 10.9 Å². The lowest BCUT2D eigenvalue weighted by atomic mass is 10.6. The van der Waals surface area contributed by atoms with E-state index in [-0.39, 0.29) is 6.61 Å². The van der Waals surface area contributed by atoms with Crippen molar-refractivity contribution in [3.63, 3.8) is 0 Å². The van der Waals surface area contributed by atoms with Gasteiger partial charge in [0.25, 0.3) is 0 Å². The summed E-state index contributed by atoms with van der Waals surface area (Å²) in [5.74, 6) is 0.630. The summed E-state index contributed by atoms with van der Waals surface area (Å²) < 4.78 is 0. The minimum atomic E-state index is 0.142. The van der Waals surface area contributed by atoms with Crippen molar-refractivity contribution < 1.29 is 5.11 Å². The molecule has 0 saturated heterocycles. The maximum atomic E-state index is 8.52. The zero-order chi connectivity index (χ0) is 8.10. The van der Waals surface area contributed by atoms with Crippen LogP contribution in [0.2, 0.25) is 5.15 Å². The lowest BCUT2D eigenvalue weighted by molar-refractivity contribution is 0.322. The Bertz CT molecular complexity index is 234. The maximum Gasteiger partial charge on any atom is 0.165 e. The van der Waals surface area contributed by atoms with Gasteiger partial charge in [-0.25, -0.2) is 0 Å². The van der Waals surface area contributed by atoms with E-state index >= 15 is 0 Å². The number of hydrogen-bond donors (Lipinski definition) is 1. The number of halogens is 1. The molecule has 0 aliphatic carbocycles. The number of rotatable bonds is 3. The Hall–Kier alpha value is -0.320. The van der Waals surface area contributed by atoms with E-state index in [2.05, 4.69) is 10.2 Å². The molecule has 0 aliphatic rings. The first-order chi connectivity index (χ1) is 5.34. The van der Waals surface area contributed by atoms with Crippen molar-refractivity contribution in [3.8, 4) is 0 Å². The number of aliphatic hydroxyl groups is 1. The van der Waals surface area contributed by atoms with Crippen molar-refractivity contribution in [2.24, 2.45) is 0 Å². The molecule has 0 amide bonds. The van der Waals surface area contributed by atoms with Gasteiger partial charge in [-0.1, -0.05) is 11.6 Å². The number of aliphatic hydroxyl groups excluding tert-OH is 1. The molecule has 0 aromatic carbocycles. The third-order valence-corrected chi connectivity index (χ3v) is 2.41. The smallest absolute Gasteiger partial charge is 0.165 e. The van der Waals surface area contributed by atoms with E-state index in [1.54, 1.807) is 12.3 Å². The van der Waals surface area contributed by atoms with Crippen LogP contribution in [0.15, 0.2) is 17.2 Å². The molecule has 11 heavy (non-hydrogen) atoms. The SMILES string of the molecule is OCCSc1ccnnc1Cl. The van der Waals surface area contributed by atoms with Gasteiger partial charge in [-0.15, -0.1) is 16.9 Å². The lowest BCUT2D eigenvalue weighted by Crippen LogP contribution is -1.88. The van der Waals surface area contributed by atoms with Gasteiger partial charge in [0.05, 0.1) is 12.8 Å². The highest BCUT2D eigenvalue weighted by Gasteiger charge is 1.99. The highest BCUT2D eigenvalue weighted by atomic mass is 35.5. The Morgan fingerprint density at radius 1 is 1.64 bits per heavy atom. The van der Waals surface area contributed by atoms with Gasteiger partial charge >= 0.3 is 0 Å². The van der Waals surface area contributed by atoms with Gasteiger partial charge in [-0.2, -0.15) is 5.10 Å². The largest absolute Gasteiger partial charge is 0.396 e. The second kappa shape index (κ2) is 4.54. The molecule has 1 rings (SSSR count). The first kappa shape index (κ1) is 8.77. The van der Waals surface area contributed by atoms with E-state index in [1.165, 1.54) is 11.8 Å². The van der Waals surface area contributed by atoms with Crippen LogP contribution in [0.25, 0.3) is 0 Å². The fourth-order valence-electron chi connectivity index (χ4n) is 0.566. The molecule has 0 bridgehead atoms. The minimum absolute atomic E-state index is 0.142.